The molecule has 1 aliphatic carbocycles. The molecule has 2 aromatic rings. The molecule has 6 nitrogen and oxygen atoms in total. The number of pyridine rings is 1. The number of hydrogen-bond donors (Lipinski definition) is 1. The molecule has 5 rings (SSSR count). The molecule has 0 amide bonds. The van der Waals surface area contributed by atoms with E-state index in [0.717, 1.165) is 38.8 Å². The fraction of sp³-hybridized carbons (Fsp3) is 0.500. The van der Waals surface area contributed by atoms with E-state index in [1.165, 1.54) is 12.3 Å². The first-order valence-corrected chi connectivity index (χ1v) is 10.0. The number of fused-ring (bicyclic) bond motifs is 3. The van der Waals surface area contributed by atoms with Crippen molar-refractivity contribution < 1.29 is 14.3 Å². The number of likely N-dealkylation sites (N-methyl/N-ethyl adjacent to an activating group) is 1. The number of carboxylic acids is 1. The Balaban J connectivity index is 1.77. The lowest BCUT2D eigenvalue weighted by atomic mass is 10.1. The van der Waals surface area contributed by atoms with Crippen molar-refractivity contribution in [2.24, 2.45) is 0 Å². The third-order valence-corrected chi connectivity index (χ3v) is 6.64. The summed E-state index contributed by atoms with van der Waals surface area (Å²) in [7, 11) is 2.07. The Kier molecular flexibility index (Phi) is 3.97. The monoisotopic (exact) mass is 405 g/mol. The molecule has 2 atom stereocenters. The normalized spacial score (nSPS) is 24.9. The Hall–Kier alpha value is -2.12. The SMILES string of the molecule is CN1CC2CCC(C1)N2c1c(F)cc2c(=O)c(C(=O)O)cn(C3CC3)c2c1Cl. The number of benzene rings is 1. The van der Waals surface area contributed by atoms with Crippen molar-refractivity contribution in [3.05, 3.63) is 38.9 Å². The molecule has 2 saturated heterocycles. The van der Waals surface area contributed by atoms with Crippen LogP contribution in [0.1, 0.15) is 42.1 Å². The predicted molar refractivity (Wildman–Crippen MR) is 105 cm³/mol. The summed E-state index contributed by atoms with van der Waals surface area (Å²) in [4.78, 5) is 28.6. The maximum atomic E-state index is 15.3. The number of rotatable bonds is 3. The van der Waals surface area contributed by atoms with Gasteiger partial charge in [0, 0.05) is 37.4 Å². The van der Waals surface area contributed by atoms with Gasteiger partial charge in [-0.05, 0) is 38.8 Å². The molecule has 28 heavy (non-hydrogen) atoms. The first kappa shape index (κ1) is 17.9. The molecule has 0 spiro atoms. The highest BCUT2D eigenvalue weighted by atomic mass is 35.5. The minimum Gasteiger partial charge on any atom is -0.477 e. The maximum Gasteiger partial charge on any atom is 0.341 e. The zero-order valence-corrected chi connectivity index (χ0v) is 16.2. The molecular weight excluding hydrogens is 385 g/mol. The van der Waals surface area contributed by atoms with Gasteiger partial charge in [-0.2, -0.15) is 0 Å². The van der Waals surface area contributed by atoms with Gasteiger partial charge in [0.25, 0.3) is 0 Å². The van der Waals surface area contributed by atoms with Crippen LogP contribution in [0.3, 0.4) is 0 Å². The van der Waals surface area contributed by atoms with Gasteiger partial charge in [0.05, 0.1) is 21.6 Å². The summed E-state index contributed by atoms with van der Waals surface area (Å²) in [5.41, 5.74) is -0.226. The van der Waals surface area contributed by atoms with E-state index in [1.54, 1.807) is 4.57 Å². The molecule has 8 heteroatoms. The number of likely N-dealkylation sites (tertiary alicyclic amines) is 1. The lowest BCUT2D eigenvalue weighted by Crippen LogP contribution is -2.53. The summed E-state index contributed by atoms with van der Waals surface area (Å²) < 4.78 is 17.0. The number of hydrogen-bond acceptors (Lipinski definition) is 4. The molecule has 3 fully saturated rings. The lowest BCUT2D eigenvalue weighted by Gasteiger charge is -2.41. The Morgan fingerprint density at radius 3 is 2.36 bits per heavy atom. The Labute approximate surface area is 166 Å². The van der Waals surface area contributed by atoms with Gasteiger partial charge in [-0.15, -0.1) is 0 Å². The second-order valence-electron chi connectivity index (χ2n) is 8.25. The summed E-state index contributed by atoms with van der Waals surface area (Å²) in [6, 6.07) is 1.66. The van der Waals surface area contributed by atoms with Crippen LogP contribution in [0.5, 0.6) is 0 Å². The highest BCUT2D eigenvalue weighted by molar-refractivity contribution is 6.38. The van der Waals surface area contributed by atoms with E-state index in [4.69, 9.17) is 11.6 Å². The average Bonchev–Trinajstić information content (AvgIpc) is 3.43. The number of carboxylic acid groups (broad SMARTS) is 1. The summed E-state index contributed by atoms with van der Waals surface area (Å²) >= 11 is 6.75. The molecule has 1 saturated carbocycles. The second-order valence-corrected chi connectivity index (χ2v) is 8.62. The standard InChI is InChI=1S/C20H21ClFN3O3/c1-23-7-11-4-5-12(8-23)25(11)18-15(22)6-13-17(16(18)21)24(10-2-3-10)9-14(19(13)26)20(27)28/h6,9-12H,2-5,7-8H2,1H3,(H,27,28). The molecular formula is C20H21ClFN3O3. The molecule has 2 unspecified atom stereocenters. The quantitative estimate of drug-likeness (QED) is 0.850. The lowest BCUT2D eigenvalue weighted by molar-refractivity contribution is 0.0695. The van der Waals surface area contributed by atoms with E-state index in [9.17, 15) is 14.7 Å². The minimum absolute atomic E-state index is 0.0412. The van der Waals surface area contributed by atoms with Crippen LogP contribution in [0.4, 0.5) is 10.1 Å². The van der Waals surface area contributed by atoms with Crippen LogP contribution >= 0.6 is 11.6 Å². The second kappa shape index (κ2) is 6.19. The summed E-state index contributed by atoms with van der Waals surface area (Å²) in [5, 5.41) is 9.66. The number of anilines is 1. The van der Waals surface area contributed by atoms with Crippen LogP contribution in [0, 0.1) is 5.82 Å². The van der Waals surface area contributed by atoms with Crippen molar-refractivity contribution in [1.82, 2.24) is 9.47 Å². The first-order chi connectivity index (χ1) is 13.4. The van der Waals surface area contributed by atoms with E-state index in [1.807, 2.05) is 0 Å². The molecule has 148 valence electrons. The van der Waals surface area contributed by atoms with Crippen LogP contribution in [-0.2, 0) is 0 Å². The fourth-order valence-electron chi connectivity index (χ4n) is 4.94. The molecule has 1 N–H and O–H groups in total. The van der Waals surface area contributed by atoms with E-state index < -0.39 is 17.2 Å². The summed E-state index contributed by atoms with van der Waals surface area (Å²) in [5.74, 6) is -1.86. The van der Waals surface area contributed by atoms with E-state index in [-0.39, 0.29) is 34.1 Å². The van der Waals surface area contributed by atoms with Crippen LogP contribution in [0.15, 0.2) is 17.1 Å². The maximum absolute atomic E-state index is 15.3. The number of aromatic carboxylic acids is 1. The molecule has 2 aliphatic heterocycles. The van der Waals surface area contributed by atoms with Gasteiger partial charge in [0.1, 0.15) is 11.4 Å². The van der Waals surface area contributed by atoms with Crippen molar-refractivity contribution in [3.63, 3.8) is 0 Å². The van der Waals surface area contributed by atoms with E-state index in [2.05, 4.69) is 16.8 Å². The third-order valence-electron chi connectivity index (χ3n) is 6.28. The number of nitrogens with zero attached hydrogens (tertiary/aromatic N) is 3. The molecule has 1 aromatic carbocycles. The molecule has 0 radical (unpaired) electrons. The highest BCUT2D eigenvalue weighted by Crippen LogP contribution is 2.45. The van der Waals surface area contributed by atoms with Gasteiger partial charge < -0.3 is 19.5 Å². The average molecular weight is 406 g/mol. The fourth-order valence-corrected chi connectivity index (χ4v) is 5.33. The van der Waals surface area contributed by atoms with Crippen LogP contribution in [0.2, 0.25) is 5.02 Å². The van der Waals surface area contributed by atoms with Gasteiger partial charge in [0.15, 0.2) is 0 Å². The smallest absolute Gasteiger partial charge is 0.341 e. The first-order valence-electron chi connectivity index (χ1n) is 9.64. The van der Waals surface area contributed by atoms with Crippen molar-refractivity contribution in [2.45, 2.75) is 43.8 Å². The Morgan fingerprint density at radius 2 is 1.79 bits per heavy atom. The van der Waals surface area contributed by atoms with E-state index >= 15 is 4.39 Å². The minimum atomic E-state index is -1.31. The van der Waals surface area contributed by atoms with Gasteiger partial charge >= 0.3 is 5.97 Å². The Morgan fingerprint density at radius 1 is 1.18 bits per heavy atom. The van der Waals surface area contributed by atoms with Gasteiger partial charge in [-0.1, -0.05) is 11.6 Å². The van der Waals surface area contributed by atoms with Crippen molar-refractivity contribution >= 4 is 34.2 Å². The topological polar surface area (TPSA) is 65.8 Å². The molecule has 3 aliphatic rings. The van der Waals surface area contributed by atoms with Crippen molar-refractivity contribution in [2.75, 3.05) is 25.0 Å². The highest BCUT2D eigenvalue weighted by Gasteiger charge is 2.41. The molecule has 2 bridgehead atoms. The third kappa shape index (κ3) is 2.56. The molecule has 3 heterocycles. The number of carbonyl (C=O) groups is 1. The van der Waals surface area contributed by atoms with Gasteiger partial charge in [-0.25, -0.2) is 9.18 Å². The zero-order chi connectivity index (χ0) is 19.7. The Bertz CT molecular complexity index is 1050. The van der Waals surface area contributed by atoms with Gasteiger partial charge in [0.2, 0.25) is 5.43 Å². The predicted octanol–water partition coefficient (Wildman–Crippen LogP) is 3.11. The zero-order valence-electron chi connectivity index (χ0n) is 15.5. The van der Waals surface area contributed by atoms with Crippen molar-refractivity contribution in [3.8, 4) is 0 Å². The number of halogens is 2. The summed E-state index contributed by atoms with van der Waals surface area (Å²) in [6.07, 6.45) is 5.11. The van der Waals surface area contributed by atoms with E-state index in [0.29, 0.717) is 11.2 Å². The molecule has 1 aromatic heterocycles. The van der Waals surface area contributed by atoms with Crippen molar-refractivity contribution in [1.29, 1.82) is 0 Å². The van der Waals surface area contributed by atoms with Crippen LogP contribution < -0.4 is 10.3 Å². The number of aromatic nitrogens is 1. The summed E-state index contributed by atoms with van der Waals surface area (Å²) in [6.45, 7) is 1.69. The van der Waals surface area contributed by atoms with Crippen LogP contribution in [-0.4, -0.2) is 52.8 Å². The van der Waals surface area contributed by atoms with Crippen LogP contribution in [0.25, 0.3) is 10.9 Å². The largest absolute Gasteiger partial charge is 0.477 e. The van der Waals surface area contributed by atoms with Gasteiger partial charge in [-0.3, -0.25) is 4.79 Å². The number of piperazine rings is 1.